The molecule has 1 atom stereocenters. The standard InChI is InChI=1S/C24H33N3O4S2/c1-4-6-7-10-17-31-22-12-9-8-11-21(22)23(28)26-24(32)25-19-13-15-20(16-14-19)33(29,30)27-18(3)5-2/h8-9,11-16,18,27H,4-7,10,17H2,1-3H3,(H2,25,26,28,32). The first-order valence-electron chi connectivity index (χ1n) is 11.2. The Hall–Kier alpha value is -2.49. The predicted molar refractivity (Wildman–Crippen MR) is 136 cm³/mol. The van der Waals surface area contributed by atoms with Gasteiger partial charge >= 0.3 is 0 Å². The Morgan fingerprint density at radius 2 is 1.73 bits per heavy atom. The Bertz CT molecular complexity index is 1020. The van der Waals surface area contributed by atoms with Crippen LogP contribution in [0.5, 0.6) is 5.75 Å². The van der Waals surface area contributed by atoms with E-state index in [-0.39, 0.29) is 22.0 Å². The third-order valence-corrected chi connectivity index (χ3v) is 6.81. The predicted octanol–water partition coefficient (Wildman–Crippen LogP) is 4.85. The number of thiocarbonyl (C=S) groups is 1. The van der Waals surface area contributed by atoms with Gasteiger partial charge in [-0.2, -0.15) is 0 Å². The number of nitrogens with one attached hydrogen (secondary N) is 3. The Kier molecular flexibility index (Phi) is 10.8. The first-order chi connectivity index (χ1) is 15.8. The van der Waals surface area contributed by atoms with Crippen LogP contribution in [0.15, 0.2) is 53.4 Å². The van der Waals surface area contributed by atoms with Crippen LogP contribution in [0.2, 0.25) is 0 Å². The molecule has 0 saturated carbocycles. The summed E-state index contributed by atoms with van der Waals surface area (Å²) in [4.78, 5) is 12.9. The normalized spacial score (nSPS) is 12.1. The van der Waals surface area contributed by atoms with Crippen molar-refractivity contribution < 1.29 is 17.9 Å². The van der Waals surface area contributed by atoms with Crippen LogP contribution in [0.3, 0.4) is 0 Å². The van der Waals surface area contributed by atoms with Gasteiger partial charge in [-0.15, -0.1) is 0 Å². The Balaban J connectivity index is 1.95. The fraction of sp³-hybridized carbons (Fsp3) is 0.417. The molecule has 0 bridgehead atoms. The molecule has 1 unspecified atom stereocenters. The fourth-order valence-electron chi connectivity index (χ4n) is 2.96. The van der Waals surface area contributed by atoms with Gasteiger partial charge in [0.15, 0.2) is 5.11 Å². The Morgan fingerprint density at radius 3 is 2.39 bits per heavy atom. The minimum absolute atomic E-state index is 0.103. The number of unbranched alkanes of at least 4 members (excludes halogenated alkanes) is 3. The number of carbonyl (C=O) groups is 1. The maximum Gasteiger partial charge on any atom is 0.261 e. The Labute approximate surface area is 202 Å². The highest BCUT2D eigenvalue weighted by Crippen LogP contribution is 2.19. The summed E-state index contributed by atoms with van der Waals surface area (Å²) in [6.45, 7) is 6.42. The zero-order valence-electron chi connectivity index (χ0n) is 19.4. The molecule has 0 aliphatic rings. The second-order valence-corrected chi connectivity index (χ2v) is 9.89. The van der Waals surface area contributed by atoms with Gasteiger partial charge in [0.2, 0.25) is 10.0 Å². The summed E-state index contributed by atoms with van der Waals surface area (Å²) in [6, 6.07) is 13.0. The van der Waals surface area contributed by atoms with Crippen molar-refractivity contribution >= 4 is 38.9 Å². The van der Waals surface area contributed by atoms with Crippen LogP contribution in [-0.4, -0.2) is 32.1 Å². The number of benzene rings is 2. The van der Waals surface area contributed by atoms with E-state index in [1.54, 1.807) is 30.3 Å². The quantitative estimate of drug-likeness (QED) is 0.290. The summed E-state index contributed by atoms with van der Waals surface area (Å²) in [5.74, 6) is 0.131. The van der Waals surface area contributed by atoms with Crippen molar-refractivity contribution in [1.29, 1.82) is 0 Å². The molecule has 180 valence electrons. The molecule has 9 heteroatoms. The second-order valence-electron chi connectivity index (χ2n) is 7.77. The van der Waals surface area contributed by atoms with Gasteiger partial charge in [0.25, 0.3) is 5.91 Å². The van der Waals surface area contributed by atoms with Gasteiger partial charge < -0.3 is 10.1 Å². The Morgan fingerprint density at radius 1 is 1.03 bits per heavy atom. The molecule has 3 N–H and O–H groups in total. The lowest BCUT2D eigenvalue weighted by Crippen LogP contribution is -2.34. The highest BCUT2D eigenvalue weighted by molar-refractivity contribution is 7.89. The number of hydrogen-bond acceptors (Lipinski definition) is 5. The highest BCUT2D eigenvalue weighted by Gasteiger charge is 2.17. The number of anilines is 1. The first-order valence-corrected chi connectivity index (χ1v) is 13.1. The third-order valence-electron chi connectivity index (χ3n) is 5.01. The smallest absolute Gasteiger partial charge is 0.261 e. The maximum atomic E-state index is 12.7. The average molecular weight is 492 g/mol. The van der Waals surface area contributed by atoms with E-state index in [1.165, 1.54) is 12.1 Å². The monoisotopic (exact) mass is 491 g/mol. The molecule has 7 nitrogen and oxygen atoms in total. The number of ether oxygens (including phenoxy) is 1. The first kappa shape index (κ1) is 26.8. The lowest BCUT2D eigenvalue weighted by molar-refractivity contribution is 0.0973. The molecular formula is C24H33N3O4S2. The third kappa shape index (κ3) is 8.75. The summed E-state index contributed by atoms with van der Waals surface area (Å²) < 4.78 is 33.2. The summed E-state index contributed by atoms with van der Waals surface area (Å²) >= 11 is 5.26. The topological polar surface area (TPSA) is 96.5 Å². The van der Waals surface area contributed by atoms with Gasteiger partial charge in [-0.05, 0) is 68.4 Å². The maximum absolute atomic E-state index is 12.7. The van der Waals surface area contributed by atoms with E-state index in [0.717, 1.165) is 25.7 Å². The molecule has 0 aliphatic heterocycles. The van der Waals surface area contributed by atoms with E-state index < -0.39 is 10.0 Å². The summed E-state index contributed by atoms with van der Waals surface area (Å²) in [5, 5.41) is 5.65. The highest BCUT2D eigenvalue weighted by atomic mass is 32.2. The van der Waals surface area contributed by atoms with Crippen LogP contribution in [0.4, 0.5) is 5.69 Å². The van der Waals surface area contributed by atoms with Crippen LogP contribution in [0.25, 0.3) is 0 Å². The number of carbonyl (C=O) groups excluding carboxylic acids is 1. The molecule has 0 saturated heterocycles. The zero-order chi connectivity index (χ0) is 24.3. The largest absolute Gasteiger partial charge is 0.493 e. The molecule has 0 aliphatic carbocycles. The van der Waals surface area contributed by atoms with Crippen LogP contribution >= 0.6 is 12.2 Å². The van der Waals surface area contributed by atoms with Gasteiger partial charge in [0.05, 0.1) is 17.1 Å². The van der Waals surface area contributed by atoms with Gasteiger partial charge in [0.1, 0.15) is 5.75 Å². The van der Waals surface area contributed by atoms with E-state index in [4.69, 9.17) is 17.0 Å². The van der Waals surface area contributed by atoms with Crippen molar-refractivity contribution in [2.75, 3.05) is 11.9 Å². The van der Waals surface area contributed by atoms with Gasteiger partial charge in [-0.25, -0.2) is 13.1 Å². The molecule has 0 aromatic heterocycles. The van der Waals surface area contributed by atoms with Crippen LogP contribution in [0.1, 0.15) is 63.2 Å². The molecule has 2 aromatic carbocycles. The number of rotatable bonds is 12. The van der Waals surface area contributed by atoms with Crippen molar-refractivity contribution in [1.82, 2.24) is 10.0 Å². The second kappa shape index (κ2) is 13.3. The number of para-hydroxylation sites is 1. The van der Waals surface area contributed by atoms with Crippen LogP contribution in [0, 0.1) is 0 Å². The molecule has 0 spiro atoms. The molecule has 33 heavy (non-hydrogen) atoms. The van der Waals surface area contributed by atoms with E-state index in [1.807, 2.05) is 19.9 Å². The molecule has 0 heterocycles. The molecule has 0 fully saturated rings. The van der Waals surface area contributed by atoms with Crippen LogP contribution < -0.4 is 20.1 Å². The minimum atomic E-state index is -3.58. The summed E-state index contributed by atoms with van der Waals surface area (Å²) in [5.41, 5.74) is 0.956. The van der Waals surface area contributed by atoms with E-state index >= 15 is 0 Å². The fourth-order valence-corrected chi connectivity index (χ4v) is 4.49. The minimum Gasteiger partial charge on any atom is -0.493 e. The van der Waals surface area contributed by atoms with E-state index in [0.29, 0.717) is 30.0 Å². The number of sulfonamides is 1. The van der Waals surface area contributed by atoms with Crippen molar-refractivity contribution in [3.8, 4) is 5.75 Å². The molecule has 0 radical (unpaired) electrons. The molecule has 2 aromatic rings. The van der Waals surface area contributed by atoms with Gasteiger partial charge in [-0.1, -0.05) is 45.2 Å². The summed E-state index contributed by atoms with van der Waals surface area (Å²) in [6.07, 6.45) is 5.03. The van der Waals surface area contributed by atoms with Crippen molar-refractivity contribution in [3.63, 3.8) is 0 Å². The van der Waals surface area contributed by atoms with Crippen molar-refractivity contribution in [2.45, 2.75) is 63.8 Å². The molecule has 2 rings (SSSR count). The van der Waals surface area contributed by atoms with Crippen molar-refractivity contribution in [3.05, 3.63) is 54.1 Å². The molecular weight excluding hydrogens is 458 g/mol. The summed E-state index contributed by atoms with van der Waals surface area (Å²) in [7, 11) is -3.58. The number of amides is 1. The number of hydrogen-bond donors (Lipinski definition) is 3. The van der Waals surface area contributed by atoms with E-state index in [2.05, 4.69) is 22.3 Å². The zero-order valence-corrected chi connectivity index (χ0v) is 21.0. The van der Waals surface area contributed by atoms with Gasteiger partial charge in [0, 0.05) is 11.7 Å². The lowest BCUT2D eigenvalue weighted by atomic mass is 10.2. The van der Waals surface area contributed by atoms with E-state index in [9.17, 15) is 13.2 Å². The molecule has 1 amide bonds. The lowest BCUT2D eigenvalue weighted by Gasteiger charge is -2.14. The average Bonchev–Trinajstić information content (AvgIpc) is 2.79. The SMILES string of the molecule is CCCCCCOc1ccccc1C(=O)NC(=S)Nc1ccc(S(=O)(=O)NC(C)CC)cc1. The van der Waals surface area contributed by atoms with Gasteiger partial charge in [-0.3, -0.25) is 10.1 Å². The van der Waals surface area contributed by atoms with Crippen LogP contribution in [-0.2, 0) is 10.0 Å². The van der Waals surface area contributed by atoms with Crippen molar-refractivity contribution in [2.24, 2.45) is 0 Å².